The summed E-state index contributed by atoms with van der Waals surface area (Å²) in [4.78, 5) is 6.58. The lowest BCUT2D eigenvalue weighted by Gasteiger charge is -2.29. The van der Waals surface area contributed by atoms with Gasteiger partial charge in [0.1, 0.15) is 0 Å². The van der Waals surface area contributed by atoms with Crippen LogP contribution in [0, 0.1) is 0 Å². The Hall–Kier alpha value is -3.27. The maximum Gasteiger partial charge on any atom is 0.261 e. The highest BCUT2D eigenvalue weighted by Gasteiger charge is 2.18. The smallest absolute Gasteiger partial charge is 0.261 e. The minimum absolute atomic E-state index is 0.0684. The van der Waals surface area contributed by atoms with Gasteiger partial charge in [0.05, 0.1) is 41.2 Å². The van der Waals surface area contributed by atoms with Crippen molar-refractivity contribution in [3.05, 3.63) is 72.1 Å². The summed E-state index contributed by atoms with van der Waals surface area (Å²) in [5.74, 6) is 0. The average molecular weight is 482 g/mol. The number of hydrogen-bond donors (Lipinski definition) is 1. The maximum absolute atomic E-state index is 12.8. The maximum atomic E-state index is 12.8. The predicted molar refractivity (Wildman–Crippen MR) is 128 cm³/mol. The summed E-state index contributed by atoms with van der Waals surface area (Å²) in [6, 6.07) is 15.6. The molecule has 168 valence electrons. The molecule has 33 heavy (non-hydrogen) atoms. The number of morpholine rings is 1. The number of nitrogens with one attached hydrogen (secondary N) is 1. The molecule has 1 saturated heterocycles. The monoisotopic (exact) mass is 481 g/mol. The van der Waals surface area contributed by atoms with Gasteiger partial charge in [-0.05, 0) is 35.9 Å². The van der Waals surface area contributed by atoms with Gasteiger partial charge in [0, 0.05) is 30.2 Å². The number of halogens is 1. The Balaban J connectivity index is 1.52. The van der Waals surface area contributed by atoms with Gasteiger partial charge in [-0.1, -0.05) is 35.9 Å². The second kappa shape index (κ2) is 8.93. The number of benzene rings is 2. The molecule has 0 amide bonds. The molecule has 2 aromatic carbocycles. The number of fused-ring (bicyclic) bond motifs is 1. The van der Waals surface area contributed by atoms with Crippen LogP contribution < -0.4 is 9.62 Å². The molecule has 1 aliphatic heterocycles. The van der Waals surface area contributed by atoms with Crippen molar-refractivity contribution >= 4 is 43.9 Å². The van der Waals surface area contributed by atoms with E-state index in [2.05, 4.69) is 24.8 Å². The quantitative estimate of drug-likeness (QED) is 0.430. The molecule has 1 N–H and O–H groups in total. The van der Waals surface area contributed by atoms with Gasteiger partial charge in [0.2, 0.25) is 0 Å². The van der Waals surface area contributed by atoms with Crippen LogP contribution in [0.25, 0.3) is 22.0 Å². The first-order chi connectivity index (χ1) is 16.0. The summed E-state index contributed by atoms with van der Waals surface area (Å²) in [6.07, 6.45) is 3.38. The number of hydrogen-bond acceptors (Lipinski definition) is 7. The van der Waals surface area contributed by atoms with Crippen LogP contribution in [-0.4, -0.2) is 49.9 Å². The minimum atomic E-state index is -3.80. The van der Waals surface area contributed by atoms with E-state index in [0.29, 0.717) is 13.2 Å². The molecule has 1 fully saturated rings. The Kier molecular flexibility index (Phi) is 5.84. The number of pyridine rings is 1. The standard InChI is InChI=1S/C23H20ClN5O3S/c24-23-21(28-33(30,31)18-4-2-1-3-5-18)13-17(14-25-23)16-6-7-20-19(12-16)22(15-26-27-20)29-8-10-32-11-9-29/h1-7,12-15,28H,8-11H2. The highest BCUT2D eigenvalue weighted by Crippen LogP contribution is 2.32. The number of nitrogens with zero attached hydrogens (tertiary/aromatic N) is 4. The van der Waals surface area contributed by atoms with Crippen molar-refractivity contribution in [1.29, 1.82) is 0 Å². The number of sulfonamides is 1. The van der Waals surface area contributed by atoms with E-state index in [0.717, 1.165) is 40.8 Å². The minimum Gasteiger partial charge on any atom is -0.378 e. The zero-order chi connectivity index (χ0) is 22.8. The van der Waals surface area contributed by atoms with E-state index in [-0.39, 0.29) is 15.7 Å². The molecule has 5 rings (SSSR count). The zero-order valence-electron chi connectivity index (χ0n) is 17.5. The van der Waals surface area contributed by atoms with E-state index < -0.39 is 10.0 Å². The molecule has 0 unspecified atom stereocenters. The Bertz CT molecular complexity index is 1410. The van der Waals surface area contributed by atoms with E-state index in [1.807, 2.05) is 18.2 Å². The Labute approximate surface area is 196 Å². The molecule has 0 saturated carbocycles. The van der Waals surface area contributed by atoms with Crippen LogP contribution >= 0.6 is 11.6 Å². The lowest BCUT2D eigenvalue weighted by Crippen LogP contribution is -2.36. The Morgan fingerprint density at radius 3 is 2.55 bits per heavy atom. The second-order valence-electron chi connectivity index (χ2n) is 7.54. The highest BCUT2D eigenvalue weighted by atomic mass is 35.5. The van der Waals surface area contributed by atoms with E-state index in [4.69, 9.17) is 16.3 Å². The van der Waals surface area contributed by atoms with Crippen LogP contribution in [0.5, 0.6) is 0 Å². The molecule has 4 aromatic rings. The predicted octanol–water partition coefficient (Wildman–Crippen LogP) is 3.98. The third-order valence-corrected chi connectivity index (χ3v) is 7.12. The van der Waals surface area contributed by atoms with Crippen molar-refractivity contribution in [3.8, 4) is 11.1 Å². The van der Waals surface area contributed by atoms with Crippen molar-refractivity contribution in [3.63, 3.8) is 0 Å². The highest BCUT2D eigenvalue weighted by molar-refractivity contribution is 7.92. The van der Waals surface area contributed by atoms with Gasteiger partial charge in [-0.2, -0.15) is 10.2 Å². The van der Waals surface area contributed by atoms with Gasteiger partial charge < -0.3 is 9.64 Å². The van der Waals surface area contributed by atoms with Crippen molar-refractivity contribution in [2.45, 2.75) is 4.90 Å². The van der Waals surface area contributed by atoms with Crippen molar-refractivity contribution < 1.29 is 13.2 Å². The van der Waals surface area contributed by atoms with E-state index >= 15 is 0 Å². The van der Waals surface area contributed by atoms with Crippen molar-refractivity contribution in [1.82, 2.24) is 15.2 Å². The molecule has 0 aliphatic carbocycles. The van der Waals surface area contributed by atoms with Gasteiger partial charge in [0.25, 0.3) is 10.0 Å². The number of aromatic nitrogens is 3. The van der Waals surface area contributed by atoms with Crippen LogP contribution in [-0.2, 0) is 14.8 Å². The lowest BCUT2D eigenvalue weighted by molar-refractivity contribution is 0.123. The van der Waals surface area contributed by atoms with Crippen molar-refractivity contribution in [2.75, 3.05) is 35.9 Å². The van der Waals surface area contributed by atoms with E-state index in [1.54, 1.807) is 36.7 Å². The largest absolute Gasteiger partial charge is 0.378 e. The topological polar surface area (TPSA) is 97.3 Å². The summed E-state index contributed by atoms with van der Waals surface area (Å²) < 4.78 is 33.5. The molecule has 0 radical (unpaired) electrons. The fourth-order valence-electron chi connectivity index (χ4n) is 3.76. The van der Waals surface area contributed by atoms with Gasteiger partial charge in [0.15, 0.2) is 5.15 Å². The van der Waals surface area contributed by atoms with Crippen LogP contribution in [0.4, 0.5) is 11.4 Å². The molecule has 1 aliphatic rings. The SMILES string of the molecule is O=S(=O)(Nc1cc(-c2ccc3nncc(N4CCOCC4)c3c2)cnc1Cl)c1ccccc1. The van der Waals surface area contributed by atoms with Gasteiger partial charge >= 0.3 is 0 Å². The molecular formula is C23H20ClN5O3S. The van der Waals surface area contributed by atoms with Crippen LogP contribution in [0.2, 0.25) is 5.15 Å². The fourth-order valence-corrected chi connectivity index (χ4v) is 5.05. The van der Waals surface area contributed by atoms with Crippen molar-refractivity contribution in [2.24, 2.45) is 0 Å². The summed E-state index contributed by atoms with van der Waals surface area (Å²) in [5.41, 5.74) is 3.54. The first-order valence-corrected chi connectivity index (χ1v) is 12.2. The Morgan fingerprint density at radius 2 is 1.76 bits per heavy atom. The van der Waals surface area contributed by atoms with E-state index in [9.17, 15) is 8.42 Å². The summed E-state index contributed by atoms with van der Waals surface area (Å²) in [6.45, 7) is 2.88. The van der Waals surface area contributed by atoms with Crippen LogP contribution in [0.15, 0.2) is 71.9 Å². The average Bonchev–Trinajstić information content (AvgIpc) is 2.85. The van der Waals surface area contributed by atoms with Crippen LogP contribution in [0.3, 0.4) is 0 Å². The number of ether oxygens (including phenoxy) is 1. The third kappa shape index (κ3) is 4.47. The summed E-state index contributed by atoms with van der Waals surface area (Å²) >= 11 is 6.22. The first kappa shape index (κ1) is 21.6. The number of anilines is 2. The molecule has 0 spiro atoms. The lowest BCUT2D eigenvalue weighted by atomic mass is 10.0. The van der Waals surface area contributed by atoms with E-state index in [1.165, 1.54) is 12.1 Å². The van der Waals surface area contributed by atoms with Gasteiger partial charge in [-0.3, -0.25) is 4.72 Å². The van der Waals surface area contributed by atoms with Gasteiger partial charge in [-0.25, -0.2) is 13.4 Å². The molecule has 0 atom stereocenters. The normalized spacial score (nSPS) is 14.4. The van der Waals surface area contributed by atoms with Gasteiger partial charge in [-0.15, -0.1) is 0 Å². The summed E-state index contributed by atoms with van der Waals surface area (Å²) in [5, 5.41) is 9.41. The molecule has 2 aromatic heterocycles. The third-order valence-electron chi connectivity index (χ3n) is 5.44. The zero-order valence-corrected chi connectivity index (χ0v) is 19.1. The Morgan fingerprint density at radius 1 is 0.970 bits per heavy atom. The molecule has 10 heteroatoms. The first-order valence-electron chi connectivity index (χ1n) is 10.3. The molecular weight excluding hydrogens is 462 g/mol. The molecule has 8 nitrogen and oxygen atoms in total. The molecule has 3 heterocycles. The number of rotatable bonds is 5. The fraction of sp³-hybridized carbons (Fsp3) is 0.174. The second-order valence-corrected chi connectivity index (χ2v) is 9.58. The van der Waals surface area contributed by atoms with Crippen LogP contribution in [0.1, 0.15) is 0 Å². The molecule has 0 bridgehead atoms. The summed E-state index contributed by atoms with van der Waals surface area (Å²) in [7, 11) is -3.80.